The molecule has 0 spiro atoms. The molecule has 0 bridgehead atoms. The molecule has 0 amide bonds. The van der Waals surface area contributed by atoms with Gasteiger partial charge in [-0.05, 0) is 0 Å². The Hall–Kier alpha value is 2.53. The fraction of sp³-hybridized carbons (Fsp3) is 0. The van der Waals surface area contributed by atoms with E-state index in [0.717, 1.165) is 0 Å². The van der Waals surface area contributed by atoms with Crippen LogP contribution in [0.4, 0.5) is 0 Å². The number of rotatable bonds is 0. The summed E-state index contributed by atoms with van der Waals surface area (Å²) >= 11 is 0. The van der Waals surface area contributed by atoms with Gasteiger partial charge >= 0.3 is 18.9 Å². The van der Waals surface area contributed by atoms with Crippen molar-refractivity contribution >= 4 is 43.7 Å². The second kappa shape index (κ2) is 17.7. The van der Waals surface area contributed by atoms with Gasteiger partial charge in [0.2, 0.25) is 0 Å². The molecule has 0 aromatic heterocycles. The van der Waals surface area contributed by atoms with Gasteiger partial charge in [0.05, 0.1) is 0 Å². The predicted octanol–water partition coefficient (Wildman–Crippen LogP) is 0.195. The first-order valence-corrected chi connectivity index (χ1v) is 0. The Morgan fingerprint density at radius 3 is 0.750 bits per heavy atom. The summed E-state index contributed by atoms with van der Waals surface area (Å²) in [7, 11) is 0. The van der Waals surface area contributed by atoms with Gasteiger partial charge < -0.3 is 0 Å². The molecule has 4 heavy (non-hydrogen) atoms. The largest absolute Gasteiger partial charge is 0 e. The van der Waals surface area contributed by atoms with Crippen molar-refractivity contribution in [1.82, 2.24) is 0 Å². The van der Waals surface area contributed by atoms with Crippen LogP contribution in [0, 0.1) is 40.8 Å². The maximum Gasteiger partial charge on any atom is 0 e. The zero-order chi connectivity index (χ0) is 0. The molecule has 0 heterocycles. The molecule has 0 atom stereocenters. The molecular weight excluding hydrogens is 222 g/mol. The van der Waals surface area contributed by atoms with Gasteiger partial charge in [-0.15, -0.1) is 24.8 Å². The van der Waals surface area contributed by atoms with E-state index < -0.39 is 0 Å². The van der Waals surface area contributed by atoms with Crippen molar-refractivity contribution in [3.8, 4) is 0 Å². The molecule has 0 aliphatic carbocycles. The van der Waals surface area contributed by atoms with Crippen LogP contribution in [0.25, 0.3) is 0 Å². The van der Waals surface area contributed by atoms with Crippen LogP contribution in [0.15, 0.2) is 0 Å². The Morgan fingerprint density at radius 2 is 0.750 bits per heavy atom. The maximum absolute atomic E-state index is 0. The molecule has 0 aliphatic heterocycles. The zero-order valence-electron chi connectivity index (χ0n) is 1.32. The molecule has 0 aliphatic rings. The summed E-state index contributed by atoms with van der Waals surface area (Å²) < 4.78 is 0. The van der Waals surface area contributed by atoms with E-state index in [9.17, 15) is 0 Å². The summed E-state index contributed by atoms with van der Waals surface area (Å²) in [5.74, 6) is 0. The van der Waals surface area contributed by atoms with Crippen molar-refractivity contribution in [2.75, 3.05) is 0 Å². The third kappa shape index (κ3) is 8.82. The molecule has 0 aromatic rings. The molecular formula is H3Cl2LiNd. The van der Waals surface area contributed by atoms with E-state index in [4.69, 9.17) is 0 Å². The molecule has 0 N–H and O–H groups in total. The van der Waals surface area contributed by atoms with Crippen LogP contribution in [0.1, 0.15) is 0 Å². The Labute approximate surface area is 83.0 Å². The van der Waals surface area contributed by atoms with Crippen LogP contribution in [-0.2, 0) is 0 Å². The first kappa shape index (κ1) is 31.2. The molecule has 0 saturated carbocycles. The summed E-state index contributed by atoms with van der Waals surface area (Å²) in [5.41, 5.74) is 0. The van der Waals surface area contributed by atoms with E-state index in [1.807, 2.05) is 0 Å². The van der Waals surface area contributed by atoms with Gasteiger partial charge in [-0.1, -0.05) is 0 Å². The van der Waals surface area contributed by atoms with Crippen LogP contribution in [0.2, 0.25) is 0 Å². The van der Waals surface area contributed by atoms with Gasteiger partial charge in [0, 0.05) is 40.8 Å². The van der Waals surface area contributed by atoms with Crippen LogP contribution in [0.5, 0.6) is 0 Å². The summed E-state index contributed by atoms with van der Waals surface area (Å²) in [6.45, 7) is 0. The van der Waals surface area contributed by atoms with Crippen molar-refractivity contribution in [1.29, 1.82) is 0 Å². The van der Waals surface area contributed by atoms with Crippen LogP contribution in [-0.4, -0.2) is 18.9 Å². The summed E-state index contributed by atoms with van der Waals surface area (Å²) in [4.78, 5) is 0. The Balaban J connectivity index is 0. The summed E-state index contributed by atoms with van der Waals surface area (Å²) in [6, 6.07) is 0. The van der Waals surface area contributed by atoms with E-state index in [2.05, 4.69) is 0 Å². The van der Waals surface area contributed by atoms with Gasteiger partial charge in [-0.25, -0.2) is 0 Å². The Bertz CT molecular complexity index is 6.00. The van der Waals surface area contributed by atoms with Crippen molar-refractivity contribution < 1.29 is 40.8 Å². The van der Waals surface area contributed by atoms with Crippen molar-refractivity contribution in [2.45, 2.75) is 0 Å². The van der Waals surface area contributed by atoms with E-state index in [1.54, 1.807) is 0 Å². The fourth-order valence-electron chi connectivity index (χ4n) is 0. The first-order valence-electron chi connectivity index (χ1n) is 0. The average Bonchev–Trinajstić information content (AvgIpc) is 0. The summed E-state index contributed by atoms with van der Waals surface area (Å²) in [6.07, 6.45) is 0. The topological polar surface area (TPSA) is 0 Å². The van der Waals surface area contributed by atoms with E-state index >= 15 is 0 Å². The standard InChI is InChI=1S/2ClH.Li.Nd.H/h2*1H;;;. The van der Waals surface area contributed by atoms with Crippen LogP contribution < -0.4 is 0 Å². The van der Waals surface area contributed by atoms with Crippen molar-refractivity contribution in [3.05, 3.63) is 0 Å². The SMILES string of the molecule is Cl.Cl.[LiH].[Nd]. The molecule has 0 saturated heterocycles. The molecule has 0 nitrogen and oxygen atoms in total. The Kier molecular flexibility index (Phi) is 138. The second-order valence-electron chi connectivity index (χ2n) is 0. The third-order valence-electron chi connectivity index (χ3n) is 0. The molecule has 0 fully saturated rings. The molecule has 0 rings (SSSR count). The van der Waals surface area contributed by atoms with Gasteiger partial charge in [-0.3, -0.25) is 0 Å². The van der Waals surface area contributed by atoms with Crippen LogP contribution in [0.3, 0.4) is 0 Å². The number of hydrogen-bond donors (Lipinski definition) is 0. The molecule has 4 heteroatoms. The van der Waals surface area contributed by atoms with Crippen molar-refractivity contribution in [3.63, 3.8) is 0 Å². The molecule has 0 unspecified atom stereocenters. The summed E-state index contributed by atoms with van der Waals surface area (Å²) in [5, 5.41) is 0. The quantitative estimate of drug-likeness (QED) is 0.516. The maximum atomic E-state index is 0. The fourth-order valence-corrected chi connectivity index (χ4v) is 0. The molecule has 0 radical (unpaired) electrons. The minimum Gasteiger partial charge on any atom is 0 e. The first-order chi connectivity index (χ1) is 0. The Morgan fingerprint density at radius 1 is 0.750 bits per heavy atom. The van der Waals surface area contributed by atoms with Gasteiger partial charge in [0.1, 0.15) is 0 Å². The average molecular weight is 225 g/mol. The van der Waals surface area contributed by atoms with Gasteiger partial charge in [-0.2, -0.15) is 0 Å². The smallest absolute Gasteiger partial charge is 0 e. The second-order valence-corrected chi connectivity index (χ2v) is 0. The van der Waals surface area contributed by atoms with Gasteiger partial charge in [0.25, 0.3) is 0 Å². The normalized spacial score (nSPS) is 0. The third-order valence-corrected chi connectivity index (χ3v) is 0. The van der Waals surface area contributed by atoms with E-state index in [0.29, 0.717) is 0 Å². The number of halogens is 2. The molecule has 0 aromatic carbocycles. The van der Waals surface area contributed by atoms with Crippen LogP contribution >= 0.6 is 24.8 Å². The van der Waals surface area contributed by atoms with E-state index in [-0.39, 0.29) is 84.5 Å². The van der Waals surface area contributed by atoms with Gasteiger partial charge in [0.15, 0.2) is 0 Å². The molecule has 22 valence electrons. The zero-order valence-corrected chi connectivity index (χ0v) is 6.16. The van der Waals surface area contributed by atoms with Crippen molar-refractivity contribution in [2.24, 2.45) is 0 Å². The minimum atomic E-state index is 0. The minimum absolute atomic E-state index is 0. The predicted molar refractivity (Wildman–Crippen MR) is 21.6 cm³/mol. The number of hydrogen-bond acceptors (Lipinski definition) is 0. The monoisotopic (exact) mass is 222 g/mol. The van der Waals surface area contributed by atoms with E-state index in [1.165, 1.54) is 0 Å².